The second kappa shape index (κ2) is 9.36. The standard InChI is InChI=1S/C20H20N4O5/c1-13(25)22-15-4-3-5-17(10-15)28-12-18-23-20(29-24-18)19(26)21-11-14-6-8-16(27-2)9-7-14/h3-10H,11-12H2,1-2H3,(H,21,26)(H,22,25). The molecule has 1 aromatic heterocycles. The number of carbonyl (C=O) groups is 2. The number of hydrogen-bond acceptors (Lipinski definition) is 7. The van der Waals surface area contributed by atoms with Gasteiger partial charge in [0.05, 0.1) is 7.11 Å². The van der Waals surface area contributed by atoms with E-state index in [9.17, 15) is 9.59 Å². The summed E-state index contributed by atoms with van der Waals surface area (Å²) >= 11 is 0. The van der Waals surface area contributed by atoms with E-state index in [2.05, 4.69) is 20.8 Å². The molecule has 2 aromatic carbocycles. The highest BCUT2D eigenvalue weighted by molar-refractivity contribution is 5.89. The van der Waals surface area contributed by atoms with Gasteiger partial charge in [-0.15, -0.1) is 0 Å². The molecule has 0 fully saturated rings. The largest absolute Gasteiger partial charge is 0.497 e. The predicted molar refractivity (Wildman–Crippen MR) is 104 cm³/mol. The normalized spacial score (nSPS) is 10.3. The van der Waals surface area contributed by atoms with Gasteiger partial charge in [-0.1, -0.05) is 23.4 Å². The Morgan fingerprint density at radius 2 is 1.90 bits per heavy atom. The van der Waals surface area contributed by atoms with Crippen LogP contribution in [0.1, 0.15) is 29.0 Å². The molecule has 0 radical (unpaired) electrons. The SMILES string of the molecule is COc1ccc(CNC(=O)c2nc(COc3cccc(NC(C)=O)c3)no2)cc1. The molecule has 3 aromatic rings. The van der Waals surface area contributed by atoms with Crippen molar-refractivity contribution < 1.29 is 23.6 Å². The van der Waals surface area contributed by atoms with Crippen LogP contribution in [0.25, 0.3) is 0 Å². The third-order valence-corrected chi connectivity index (χ3v) is 3.80. The van der Waals surface area contributed by atoms with Crippen LogP contribution in [0.2, 0.25) is 0 Å². The van der Waals surface area contributed by atoms with Crippen LogP contribution in [0.4, 0.5) is 5.69 Å². The fraction of sp³-hybridized carbons (Fsp3) is 0.200. The molecule has 0 unspecified atom stereocenters. The highest BCUT2D eigenvalue weighted by Crippen LogP contribution is 2.18. The van der Waals surface area contributed by atoms with Crippen molar-refractivity contribution in [3.63, 3.8) is 0 Å². The average molecular weight is 396 g/mol. The number of nitrogens with zero attached hydrogens (tertiary/aromatic N) is 2. The number of anilines is 1. The zero-order valence-electron chi connectivity index (χ0n) is 16.0. The first-order valence-electron chi connectivity index (χ1n) is 8.77. The molecule has 0 saturated carbocycles. The van der Waals surface area contributed by atoms with Crippen LogP contribution >= 0.6 is 0 Å². The number of hydrogen-bond donors (Lipinski definition) is 2. The summed E-state index contributed by atoms with van der Waals surface area (Å²) in [6.45, 7) is 1.75. The maximum atomic E-state index is 12.2. The summed E-state index contributed by atoms with van der Waals surface area (Å²) < 4.78 is 15.7. The van der Waals surface area contributed by atoms with Crippen LogP contribution in [0.5, 0.6) is 11.5 Å². The topological polar surface area (TPSA) is 116 Å². The van der Waals surface area contributed by atoms with E-state index in [0.717, 1.165) is 11.3 Å². The van der Waals surface area contributed by atoms with Crippen molar-refractivity contribution in [1.29, 1.82) is 0 Å². The Morgan fingerprint density at radius 1 is 1.10 bits per heavy atom. The van der Waals surface area contributed by atoms with Crippen LogP contribution in [0.3, 0.4) is 0 Å². The molecule has 29 heavy (non-hydrogen) atoms. The summed E-state index contributed by atoms with van der Waals surface area (Å²) in [6, 6.07) is 14.2. The van der Waals surface area contributed by atoms with Crippen LogP contribution in [-0.2, 0) is 17.9 Å². The van der Waals surface area contributed by atoms with Gasteiger partial charge in [-0.05, 0) is 29.8 Å². The van der Waals surface area contributed by atoms with Crippen molar-refractivity contribution in [3.05, 3.63) is 65.8 Å². The Hall–Kier alpha value is -3.88. The number of amides is 2. The molecular weight excluding hydrogens is 376 g/mol. The van der Waals surface area contributed by atoms with Gasteiger partial charge in [-0.3, -0.25) is 9.59 Å². The summed E-state index contributed by atoms with van der Waals surface area (Å²) in [5.41, 5.74) is 1.52. The van der Waals surface area contributed by atoms with Crippen molar-refractivity contribution in [2.75, 3.05) is 12.4 Å². The first-order valence-corrected chi connectivity index (χ1v) is 8.77. The van der Waals surface area contributed by atoms with Crippen LogP contribution in [0.15, 0.2) is 53.1 Å². The molecule has 0 aliphatic carbocycles. The minimum atomic E-state index is -0.479. The molecule has 9 heteroatoms. The van der Waals surface area contributed by atoms with Crippen molar-refractivity contribution in [2.24, 2.45) is 0 Å². The van der Waals surface area contributed by atoms with Gasteiger partial charge >= 0.3 is 11.8 Å². The van der Waals surface area contributed by atoms with Crippen molar-refractivity contribution in [2.45, 2.75) is 20.1 Å². The summed E-state index contributed by atoms with van der Waals surface area (Å²) in [7, 11) is 1.59. The summed E-state index contributed by atoms with van der Waals surface area (Å²) in [5, 5.41) is 9.12. The van der Waals surface area contributed by atoms with Crippen molar-refractivity contribution in [1.82, 2.24) is 15.5 Å². The average Bonchev–Trinajstić information content (AvgIpc) is 3.20. The first-order chi connectivity index (χ1) is 14.0. The fourth-order valence-electron chi connectivity index (χ4n) is 2.42. The fourth-order valence-corrected chi connectivity index (χ4v) is 2.42. The lowest BCUT2D eigenvalue weighted by Crippen LogP contribution is -2.23. The number of methoxy groups -OCH3 is 1. The third kappa shape index (κ3) is 5.80. The summed E-state index contributed by atoms with van der Waals surface area (Å²) in [4.78, 5) is 27.3. The highest BCUT2D eigenvalue weighted by Gasteiger charge is 2.15. The number of carbonyl (C=O) groups excluding carboxylic acids is 2. The lowest BCUT2D eigenvalue weighted by atomic mass is 10.2. The van der Waals surface area contributed by atoms with Crippen LogP contribution in [0, 0.1) is 0 Å². The van der Waals surface area contributed by atoms with E-state index in [-0.39, 0.29) is 24.2 Å². The van der Waals surface area contributed by atoms with Gasteiger partial charge in [0.15, 0.2) is 6.61 Å². The van der Waals surface area contributed by atoms with Gasteiger partial charge in [-0.2, -0.15) is 4.98 Å². The lowest BCUT2D eigenvalue weighted by molar-refractivity contribution is -0.114. The van der Waals surface area contributed by atoms with E-state index in [1.54, 1.807) is 31.4 Å². The van der Waals surface area contributed by atoms with E-state index in [1.165, 1.54) is 6.92 Å². The van der Waals surface area contributed by atoms with Crippen molar-refractivity contribution in [3.8, 4) is 11.5 Å². The van der Waals surface area contributed by atoms with Gasteiger partial charge in [0.2, 0.25) is 11.7 Å². The van der Waals surface area contributed by atoms with Gasteiger partial charge < -0.3 is 24.6 Å². The Kier molecular flexibility index (Phi) is 6.41. The van der Waals surface area contributed by atoms with Crippen LogP contribution in [-0.4, -0.2) is 29.1 Å². The molecule has 0 aliphatic heterocycles. The maximum Gasteiger partial charge on any atom is 0.316 e. The van der Waals surface area contributed by atoms with E-state index >= 15 is 0 Å². The minimum Gasteiger partial charge on any atom is -0.497 e. The number of benzene rings is 2. The Labute approximate surface area is 167 Å². The van der Waals surface area contributed by atoms with Crippen LogP contribution < -0.4 is 20.1 Å². The van der Waals surface area contributed by atoms with E-state index in [4.69, 9.17) is 14.0 Å². The quantitative estimate of drug-likeness (QED) is 0.601. The Balaban J connectivity index is 1.52. The van der Waals surface area contributed by atoms with Gasteiger partial charge in [0.25, 0.3) is 0 Å². The number of aromatic nitrogens is 2. The molecule has 0 aliphatic rings. The maximum absolute atomic E-state index is 12.2. The number of ether oxygens (including phenoxy) is 2. The van der Waals surface area contributed by atoms with Gasteiger partial charge in [-0.25, -0.2) is 0 Å². The Morgan fingerprint density at radius 3 is 2.62 bits per heavy atom. The molecule has 3 rings (SSSR count). The second-order valence-corrected chi connectivity index (χ2v) is 6.04. The number of nitrogens with one attached hydrogen (secondary N) is 2. The second-order valence-electron chi connectivity index (χ2n) is 6.04. The van der Waals surface area contributed by atoms with E-state index < -0.39 is 5.91 Å². The molecule has 0 spiro atoms. The van der Waals surface area contributed by atoms with E-state index in [1.807, 2.05) is 24.3 Å². The molecule has 9 nitrogen and oxygen atoms in total. The van der Waals surface area contributed by atoms with Gasteiger partial charge in [0.1, 0.15) is 11.5 Å². The van der Waals surface area contributed by atoms with E-state index in [0.29, 0.717) is 18.0 Å². The van der Waals surface area contributed by atoms with Crippen molar-refractivity contribution >= 4 is 17.5 Å². The molecule has 0 atom stereocenters. The molecule has 2 amide bonds. The zero-order valence-corrected chi connectivity index (χ0v) is 16.0. The molecule has 0 bridgehead atoms. The Bertz CT molecular complexity index is 985. The molecule has 150 valence electrons. The predicted octanol–water partition coefficient (Wildman–Crippen LogP) is 2.55. The summed E-state index contributed by atoms with van der Waals surface area (Å²) in [5.74, 6) is 0.683. The summed E-state index contributed by atoms with van der Waals surface area (Å²) in [6.07, 6.45) is 0. The molecule has 2 N–H and O–H groups in total. The highest BCUT2D eigenvalue weighted by atomic mass is 16.5. The molecule has 0 saturated heterocycles. The smallest absolute Gasteiger partial charge is 0.316 e. The molecular formula is C20H20N4O5. The monoisotopic (exact) mass is 396 g/mol. The minimum absolute atomic E-state index is 0.0127. The third-order valence-electron chi connectivity index (χ3n) is 3.80. The zero-order chi connectivity index (χ0) is 20.6. The lowest BCUT2D eigenvalue weighted by Gasteiger charge is -2.06. The first kappa shape index (κ1) is 19.9. The number of rotatable bonds is 8. The molecule has 1 heterocycles. The van der Waals surface area contributed by atoms with Gasteiger partial charge in [0, 0.05) is 25.2 Å².